The van der Waals surface area contributed by atoms with Gasteiger partial charge in [0.15, 0.2) is 0 Å². The van der Waals surface area contributed by atoms with E-state index in [2.05, 4.69) is 52.8 Å². The third-order valence-electron chi connectivity index (χ3n) is 6.84. The minimum atomic E-state index is -0.117. The Kier molecular flexibility index (Phi) is 9.72. The first-order valence-electron chi connectivity index (χ1n) is 13.4. The molecule has 194 valence electrons. The lowest BCUT2D eigenvalue weighted by Crippen LogP contribution is -2.35. The molecule has 3 amide bonds. The number of amides is 3. The number of hydrogen-bond donors (Lipinski definition) is 2. The Balaban J connectivity index is 1.20. The van der Waals surface area contributed by atoms with Crippen LogP contribution in [0, 0.1) is 0 Å². The van der Waals surface area contributed by atoms with Crippen LogP contribution in [0.4, 0.5) is 16.2 Å². The summed E-state index contributed by atoms with van der Waals surface area (Å²) >= 11 is 0. The fourth-order valence-electron chi connectivity index (χ4n) is 4.77. The van der Waals surface area contributed by atoms with E-state index < -0.39 is 0 Å². The molecule has 0 atom stereocenters. The van der Waals surface area contributed by atoms with Crippen LogP contribution in [0.1, 0.15) is 42.9 Å². The van der Waals surface area contributed by atoms with Gasteiger partial charge in [-0.05, 0) is 67.1 Å². The number of fused-ring (bicyclic) bond motifs is 1. The fourth-order valence-corrected chi connectivity index (χ4v) is 4.77. The second-order valence-electron chi connectivity index (χ2n) is 9.60. The molecule has 1 aliphatic rings. The fraction of sp³-hybridized carbons (Fsp3) is 0.355. The number of nitrogens with zero attached hydrogens (tertiary/aromatic N) is 2. The van der Waals surface area contributed by atoms with Gasteiger partial charge in [0.25, 0.3) is 0 Å². The Morgan fingerprint density at radius 3 is 2.43 bits per heavy atom. The summed E-state index contributed by atoms with van der Waals surface area (Å²) in [7, 11) is 0. The zero-order chi connectivity index (χ0) is 25.9. The SMILES string of the molecule is CCN(CCCNC(=O)Cc1ccc(NC(=O)N2CCCCc3ccccc32)cc1)Cc1ccccc1. The van der Waals surface area contributed by atoms with Crippen molar-refractivity contribution in [1.82, 2.24) is 10.2 Å². The molecule has 4 rings (SSSR count). The molecular formula is C31H38N4O2. The molecule has 1 heterocycles. The van der Waals surface area contributed by atoms with Gasteiger partial charge >= 0.3 is 6.03 Å². The maximum absolute atomic E-state index is 13.0. The van der Waals surface area contributed by atoms with Crippen molar-refractivity contribution in [2.45, 2.75) is 45.6 Å². The molecule has 0 bridgehead atoms. The summed E-state index contributed by atoms with van der Waals surface area (Å²) in [4.78, 5) is 29.7. The number of carbonyl (C=O) groups is 2. The van der Waals surface area contributed by atoms with E-state index in [4.69, 9.17) is 0 Å². The first-order valence-corrected chi connectivity index (χ1v) is 13.4. The van der Waals surface area contributed by atoms with Crippen LogP contribution >= 0.6 is 0 Å². The van der Waals surface area contributed by atoms with Gasteiger partial charge in [0.1, 0.15) is 0 Å². The number of nitrogens with one attached hydrogen (secondary N) is 2. The number of para-hydroxylation sites is 1. The molecule has 0 fully saturated rings. The van der Waals surface area contributed by atoms with Crippen LogP contribution in [0.15, 0.2) is 78.9 Å². The number of rotatable bonds is 10. The van der Waals surface area contributed by atoms with E-state index in [-0.39, 0.29) is 11.9 Å². The standard InChI is InChI=1S/C31H38N4O2/c1-2-34(24-26-11-4-3-5-12-26)21-10-20-32-30(36)23-25-16-18-28(19-17-25)33-31(37)35-22-9-8-14-27-13-6-7-15-29(27)35/h3-7,11-13,15-19H,2,8-10,14,20-24H2,1H3,(H,32,36)(H,33,37). The molecule has 0 saturated heterocycles. The normalized spacial score (nSPS) is 13.1. The van der Waals surface area contributed by atoms with Gasteiger partial charge in [0.05, 0.1) is 6.42 Å². The highest BCUT2D eigenvalue weighted by molar-refractivity contribution is 6.02. The van der Waals surface area contributed by atoms with E-state index in [1.54, 1.807) is 0 Å². The third-order valence-corrected chi connectivity index (χ3v) is 6.84. The van der Waals surface area contributed by atoms with Crippen molar-refractivity contribution in [2.24, 2.45) is 0 Å². The number of urea groups is 1. The van der Waals surface area contributed by atoms with Crippen LogP contribution in [0.3, 0.4) is 0 Å². The lowest BCUT2D eigenvalue weighted by Gasteiger charge is -2.23. The third kappa shape index (κ3) is 7.92. The van der Waals surface area contributed by atoms with Crippen LogP contribution < -0.4 is 15.5 Å². The van der Waals surface area contributed by atoms with Gasteiger partial charge in [-0.25, -0.2) is 4.79 Å². The molecular weight excluding hydrogens is 460 g/mol. The lowest BCUT2D eigenvalue weighted by atomic mass is 10.1. The zero-order valence-electron chi connectivity index (χ0n) is 21.8. The number of anilines is 2. The quantitative estimate of drug-likeness (QED) is 0.356. The Morgan fingerprint density at radius 2 is 1.65 bits per heavy atom. The summed E-state index contributed by atoms with van der Waals surface area (Å²) in [5, 5.41) is 6.06. The largest absolute Gasteiger partial charge is 0.356 e. The van der Waals surface area contributed by atoms with Crippen molar-refractivity contribution in [3.05, 3.63) is 95.6 Å². The van der Waals surface area contributed by atoms with Crippen molar-refractivity contribution >= 4 is 23.3 Å². The van der Waals surface area contributed by atoms with E-state index in [0.717, 1.165) is 62.3 Å². The zero-order valence-corrected chi connectivity index (χ0v) is 21.8. The minimum Gasteiger partial charge on any atom is -0.356 e. The van der Waals surface area contributed by atoms with Gasteiger partial charge < -0.3 is 10.6 Å². The summed E-state index contributed by atoms with van der Waals surface area (Å²) in [5.41, 5.74) is 5.18. The molecule has 0 radical (unpaired) electrons. The van der Waals surface area contributed by atoms with Crippen molar-refractivity contribution < 1.29 is 9.59 Å². The van der Waals surface area contributed by atoms with Crippen LogP contribution in [-0.4, -0.2) is 43.0 Å². The van der Waals surface area contributed by atoms with E-state index >= 15 is 0 Å². The van der Waals surface area contributed by atoms with Crippen LogP contribution in [0.5, 0.6) is 0 Å². The van der Waals surface area contributed by atoms with Gasteiger partial charge in [-0.15, -0.1) is 0 Å². The molecule has 0 unspecified atom stereocenters. The number of aryl methyl sites for hydroxylation is 1. The number of hydrogen-bond acceptors (Lipinski definition) is 3. The van der Waals surface area contributed by atoms with Crippen LogP contribution in [-0.2, 0) is 24.2 Å². The second kappa shape index (κ2) is 13.6. The van der Waals surface area contributed by atoms with Gasteiger partial charge in [-0.1, -0.05) is 67.6 Å². The van der Waals surface area contributed by atoms with Gasteiger partial charge in [-0.2, -0.15) is 0 Å². The highest BCUT2D eigenvalue weighted by Crippen LogP contribution is 2.26. The monoisotopic (exact) mass is 498 g/mol. The molecule has 3 aromatic rings. The molecule has 37 heavy (non-hydrogen) atoms. The van der Waals surface area contributed by atoms with Crippen molar-refractivity contribution in [3.63, 3.8) is 0 Å². The summed E-state index contributed by atoms with van der Waals surface area (Å²) < 4.78 is 0. The Labute approximate surface area is 220 Å². The maximum atomic E-state index is 13.0. The number of carbonyl (C=O) groups excluding carboxylic acids is 2. The first kappa shape index (κ1) is 26.4. The van der Waals surface area contributed by atoms with Crippen molar-refractivity contribution in [1.29, 1.82) is 0 Å². The molecule has 6 nitrogen and oxygen atoms in total. The minimum absolute atomic E-state index is 0.0177. The van der Waals surface area contributed by atoms with Crippen molar-refractivity contribution in [2.75, 3.05) is 36.4 Å². The highest BCUT2D eigenvalue weighted by Gasteiger charge is 2.21. The molecule has 0 aliphatic carbocycles. The summed E-state index contributed by atoms with van der Waals surface area (Å²) in [5.74, 6) is 0.0177. The smallest absolute Gasteiger partial charge is 0.326 e. The Morgan fingerprint density at radius 1 is 0.892 bits per heavy atom. The van der Waals surface area contributed by atoms with E-state index in [0.29, 0.717) is 19.5 Å². The molecule has 0 saturated carbocycles. The highest BCUT2D eigenvalue weighted by atomic mass is 16.2. The molecule has 2 N–H and O–H groups in total. The first-order chi connectivity index (χ1) is 18.1. The molecule has 6 heteroatoms. The topological polar surface area (TPSA) is 64.7 Å². The van der Waals surface area contributed by atoms with Gasteiger partial charge in [-0.3, -0.25) is 14.6 Å². The van der Waals surface area contributed by atoms with Crippen molar-refractivity contribution in [3.8, 4) is 0 Å². The van der Waals surface area contributed by atoms with Crippen LogP contribution in [0.25, 0.3) is 0 Å². The summed E-state index contributed by atoms with van der Waals surface area (Å²) in [6, 6.07) is 26.0. The van der Waals surface area contributed by atoms with E-state index in [9.17, 15) is 9.59 Å². The van der Waals surface area contributed by atoms with E-state index in [1.807, 2.05) is 53.4 Å². The molecule has 3 aromatic carbocycles. The Hall–Kier alpha value is -3.64. The molecule has 0 spiro atoms. The maximum Gasteiger partial charge on any atom is 0.326 e. The second-order valence-corrected chi connectivity index (χ2v) is 9.60. The van der Waals surface area contributed by atoms with E-state index in [1.165, 1.54) is 11.1 Å². The van der Waals surface area contributed by atoms with Crippen LogP contribution in [0.2, 0.25) is 0 Å². The predicted octanol–water partition coefficient (Wildman–Crippen LogP) is 5.63. The average Bonchev–Trinajstić information content (AvgIpc) is 3.15. The lowest BCUT2D eigenvalue weighted by molar-refractivity contribution is -0.120. The van der Waals surface area contributed by atoms with Gasteiger partial charge in [0, 0.05) is 37.6 Å². The predicted molar refractivity (Wildman–Crippen MR) is 151 cm³/mol. The summed E-state index contributed by atoms with van der Waals surface area (Å²) in [6.07, 6.45) is 4.31. The average molecular weight is 499 g/mol. The molecule has 0 aromatic heterocycles. The summed E-state index contributed by atoms with van der Waals surface area (Å²) in [6.45, 7) is 6.40. The Bertz CT molecular complexity index is 1150. The molecule has 1 aliphatic heterocycles. The van der Waals surface area contributed by atoms with Gasteiger partial charge in [0.2, 0.25) is 5.91 Å². The number of benzene rings is 3.